The lowest BCUT2D eigenvalue weighted by molar-refractivity contribution is 0.171. The fourth-order valence-corrected chi connectivity index (χ4v) is 3.55. The van der Waals surface area contributed by atoms with E-state index in [0.29, 0.717) is 30.5 Å². The molecule has 0 spiro atoms. The molecule has 9 heteroatoms. The van der Waals surface area contributed by atoms with Crippen molar-refractivity contribution in [2.75, 3.05) is 13.2 Å². The zero-order valence-corrected chi connectivity index (χ0v) is 14.5. The normalized spacial score (nSPS) is 13.5. The molecule has 0 radical (unpaired) electrons. The third kappa shape index (κ3) is 3.39. The van der Waals surface area contributed by atoms with E-state index in [1.54, 1.807) is 47.5 Å². The molecular weight excluding hydrogens is 356 g/mol. The van der Waals surface area contributed by atoms with Crippen molar-refractivity contribution in [3.8, 4) is 17.3 Å². The third-order valence-electron chi connectivity index (χ3n) is 3.84. The van der Waals surface area contributed by atoms with Crippen LogP contribution in [-0.2, 0) is 16.6 Å². The van der Waals surface area contributed by atoms with E-state index in [1.165, 1.54) is 12.1 Å². The average Bonchev–Trinajstić information content (AvgIpc) is 3.21. The molecule has 0 bridgehead atoms. The number of ether oxygens (including phenoxy) is 2. The first-order valence-electron chi connectivity index (χ1n) is 7.96. The fraction of sp³-hybridized carbons (Fsp3) is 0.176. The molecule has 1 aliphatic rings. The Morgan fingerprint density at radius 3 is 2.69 bits per heavy atom. The zero-order chi connectivity index (χ0) is 18.0. The van der Waals surface area contributed by atoms with Crippen LogP contribution in [-0.4, -0.2) is 36.4 Å². The highest BCUT2D eigenvalue weighted by molar-refractivity contribution is 7.89. The fourth-order valence-electron chi connectivity index (χ4n) is 2.51. The van der Waals surface area contributed by atoms with Crippen LogP contribution in [0.4, 0.5) is 0 Å². The van der Waals surface area contributed by atoms with Crippen LogP contribution in [0, 0.1) is 0 Å². The number of benzene rings is 1. The van der Waals surface area contributed by atoms with Crippen molar-refractivity contribution < 1.29 is 17.9 Å². The Labute approximate surface area is 150 Å². The van der Waals surface area contributed by atoms with Crippen molar-refractivity contribution in [2.24, 2.45) is 0 Å². The number of pyridine rings is 1. The molecule has 4 rings (SSSR count). The molecular formula is C17H16N4O4S. The molecule has 0 fully saturated rings. The van der Waals surface area contributed by atoms with Crippen LogP contribution in [0.25, 0.3) is 5.82 Å². The van der Waals surface area contributed by atoms with Crippen molar-refractivity contribution in [3.05, 3.63) is 60.6 Å². The number of rotatable bonds is 5. The van der Waals surface area contributed by atoms with Crippen LogP contribution in [0.3, 0.4) is 0 Å². The predicted octanol–water partition coefficient (Wildman–Crippen LogP) is 1.52. The van der Waals surface area contributed by atoms with E-state index in [9.17, 15) is 8.42 Å². The van der Waals surface area contributed by atoms with Gasteiger partial charge in [0.15, 0.2) is 17.3 Å². The molecule has 0 saturated carbocycles. The summed E-state index contributed by atoms with van der Waals surface area (Å²) < 4.78 is 40.0. The van der Waals surface area contributed by atoms with Gasteiger partial charge >= 0.3 is 0 Å². The Balaban J connectivity index is 1.46. The van der Waals surface area contributed by atoms with Gasteiger partial charge in [0.25, 0.3) is 0 Å². The zero-order valence-electron chi connectivity index (χ0n) is 13.7. The highest BCUT2D eigenvalue weighted by Crippen LogP contribution is 2.32. The summed E-state index contributed by atoms with van der Waals surface area (Å²) in [6.45, 7) is 0.986. The van der Waals surface area contributed by atoms with Crippen molar-refractivity contribution >= 4 is 10.0 Å². The Hall–Kier alpha value is -2.91. The van der Waals surface area contributed by atoms with Crippen LogP contribution in [0.1, 0.15) is 5.56 Å². The van der Waals surface area contributed by atoms with Gasteiger partial charge < -0.3 is 9.47 Å². The van der Waals surface area contributed by atoms with Crippen molar-refractivity contribution in [1.29, 1.82) is 0 Å². The Bertz CT molecular complexity index is 1000. The minimum Gasteiger partial charge on any atom is -0.486 e. The molecule has 1 aromatic carbocycles. The van der Waals surface area contributed by atoms with Crippen LogP contribution in [0.2, 0.25) is 0 Å². The number of hydrogen-bond acceptors (Lipinski definition) is 6. The molecule has 0 amide bonds. The van der Waals surface area contributed by atoms with E-state index in [-0.39, 0.29) is 11.4 Å². The lowest BCUT2D eigenvalue weighted by Crippen LogP contribution is -2.24. The number of hydrogen-bond donors (Lipinski definition) is 1. The van der Waals surface area contributed by atoms with Crippen LogP contribution in [0.15, 0.2) is 59.9 Å². The maximum Gasteiger partial charge on any atom is 0.241 e. The van der Waals surface area contributed by atoms with E-state index >= 15 is 0 Å². The Morgan fingerprint density at radius 1 is 1.12 bits per heavy atom. The summed E-state index contributed by atoms with van der Waals surface area (Å²) in [7, 11) is -3.68. The van der Waals surface area contributed by atoms with Gasteiger partial charge in [-0.3, -0.25) is 0 Å². The maximum absolute atomic E-state index is 12.5. The molecule has 8 nitrogen and oxygen atoms in total. The molecule has 0 aliphatic carbocycles. The van der Waals surface area contributed by atoms with E-state index in [4.69, 9.17) is 9.47 Å². The molecule has 2 aromatic heterocycles. The lowest BCUT2D eigenvalue weighted by Gasteiger charge is -2.18. The van der Waals surface area contributed by atoms with E-state index in [0.717, 1.165) is 5.56 Å². The Kier molecular flexibility index (Phi) is 4.31. The van der Waals surface area contributed by atoms with Gasteiger partial charge in [-0.05, 0) is 29.8 Å². The summed E-state index contributed by atoms with van der Waals surface area (Å²) in [5, 5.41) is 4.10. The quantitative estimate of drug-likeness (QED) is 0.730. The van der Waals surface area contributed by atoms with Crippen molar-refractivity contribution in [1.82, 2.24) is 19.5 Å². The van der Waals surface area contributed by atoms with Crippen LogP contribution < -0.4 is 14.2 Å². The summed E-state index contributed by atoms with van der Waals surface area (Å²) in [6.07, 6.45) is 5.06. The molecule has 0 unspecified atom stereocenters. The SMILES string of the molecule is O=S(=O)(NCc1ccc(-n2cccn2)nc1)c1ccc2c(c1)OCCO2. The maximum atomic E-state index is 12.5. The van der Waals surface area contributed by atoms with Crippen LogP contribution in [0.5, 0.6) is 11.5 Å². The first-order valence-corrected chi connectivity index (χ1v) is 9.44. The number of sulfonamides is 1. The third-order valence-corrected chi connectivity index (χ3v) is 5.24. The molecule has 1 aliphatic heterocycles. The first-order chi connectivity index (χ1) is 12.6. The van der Waals surface area contributed by atoms with Crippen molar-refractivity contribution in [3.63, 3.8) is 0 Å². The summed E-state index contributed by atoms with van der Waals surface area (Å²) in [6, 6.07) is 9.95. The van der Waals surface area contributed by atoms with E-state index < -0.39 is 10.0 Å². The van der Waals surface area contributed by atoms with Gasteiger partial charge in [-0.2, -0.15) is 5.10 Å². The summed E-state index contributed by atoms with van der Waals surface area (Å²) in [5.74, 6) is 1.64. The molecule has 134 valence electrons. The molecule has 3 aromatic rings. The van der Waals surface area contributed by atoms with Gasteiger partial charge in [0.2, 0.25) is 10.0 Å². The largest absolute Gasteiger partial charge is 0.486 e. The minimum atomic E-state index is -3.68. The van der Waals surface area contributed by atoms with Crippen molar-refractivity contribution in [2.45, 2.75) is 11.4 Å². The molecule has 0 atom stereocenters. The molecule has 1 N–H and O–H groups in total. The topological polar surface area (TPSA) is 95.3 Å². The Morgan fingerprint density at radius 2 is 1.96 bits per heavy atom. The minimum absolute atomic E-state index is 0.128. The lowest BCUT2D eigenvalue weighted by atomic mass is 10.3. The van der Waals surface area contributed by atoms with Crippen LogP contribution >= 0.6 is 0 Å². The predicted molar refractivity (Wildman–Crippen MR) is 92.8 cm³/mol. The van der Waals surface area contributed by atoms with Gasteiger partial charge in [0.1, 0.15) is 13.2 Å². The second-order valence-corrected chi connectivity index (χ2v) is 7.37. The second-order valence-electron chi connectivity index (χ2n) is 5.61. The summed E-state index contributed by atoms with van der Waals surface area (Å²) >= 11 is 0. The van der Waals surface area contributed by atoms with Gasteiger partial charge in [-0.15, -0.1) is 0 Å². The second kappa shape index (κ2) is 6.77. The number of aromatic nitrogens is 3. The van der Waals surface area contributed by atoms with Gasteiger partial charge in [-0.25, -0.2) is 22.8 Å². The van der Waals surface area contributed by atoms with Gasteiger partial charge in [0.05, 0.1) is 4.90 Å². The molecule has 3 heterocycles. The monoisotopic (exact) mass is 372 g/mol. The molecule has 26 heavy (non-hydrogen) atoms. The van der Waals surface area contributed by atoms with Gasteiger partial charge in [0, 0.05) is 31.2 Å². The molecule has 0 saturated heterocycles. The standard InChI is InChI=1S/C17H16N4O4S/c22-26(23,14-3-4-15-16(10-14)25-9-8-24-15)20-12-13-2-5-17(18-11-13)21-7-1-6-19-21/h1-7,10-11,20H,8-9,12H2. The number of nitrogens with zero attached hydrogens (tertiary/aromatic N) is 3. The number of fused-ring (bicyclic) bond motifs is 1. The van der Waals surface area contributed by atoms with E-state index in [2.05, 4.69) is 14.8 Å². The highest BCUT2D eigenvalue weighted by Gasteiger charge is 2.19. The smallest absolute Gasteiger partial charge is 0.241 e. The average molecular weight is 372 g/mol. The van der Waals surface area contributed by atoms with E-state index in [1.807, 2.05) is 0 Å². The summed E-state index contributed by atoms with van der Waals surface area (Å²) in [5.41, 5.74) is 0.738. The number of nitrogens with one attached hydrogen (secondary N) is 1. The summed E-state index contributed by atoms with van der Waals surface area (Å²) in [4.78, 5) is 4.41. The first kappa shape index (κ1) is 16.6. The van der Waals surface area contributed by atoms with Gasteiger partial charge in [-0.1, -0.05) is 6.07 Å². The highest BCUT2D eigenvalue weighted by atomic mass is 32.2.